The van der Waals surface area contributed by atoms with E-state index in [9.17, 15) is 9.59 Å². The summed E-state index contributed by atoms with van der Waals surface area (Å²) in [6.45, 7) is 4.24. The Morgan fingerprint density at radius 2 is 1.69 bits per heavy atom. The van der Waals surface area contributed by atoms with Gasteiger partial charge in [-0.05, 0) is 55.7 Å². The summed E-state index contributed by atoms with van der Waals surface area (Å²) in [7, 11) is 0. The molecule has 0 bridgehead atoms. The van der Waals surface area contributed by atoms with Crippen LogP contribution in [0.5, 0.6) is 0 Å². The molecule has 0 aliphatic carbocycles. The number of halogens is 2. The van der Waals surface area contributed by atoms with Crippen molar-refractivity contribution in [3.63, 3.8) is 0 Å². The molecule has 0 aliphatic rings. The van der Waals surface area contributed by atoms with E-state index in [1.165, 1.54) is 0 Å². The Hall–Kier alpha value is -2.04. The minimum Gasteiger partial charge on any atom is -0.334 e. The molecule has 2 rings (SSSR count). The van der Waals surface area contributed by atoms with Gasteiger partial charge in [0.1, 0.15) is 0 Å². The van der Waals surface area contributed by atoms with Crippen molar-refractivity contribution in [2.45, 2.75) is 26.7 Å². The highest BCUT2D eigenvalue weighted by molar-refractivity contribution is 6.31. The van der Waals surface area contributed by atoms with E-state index in [0.717, 1.165) is 11.1 Å². The van der Waals surface area contributed by atoms with Gasteiger partial charge in [-0.25, -0.2) is 0 Å². The SMILES string of the molecule is CCN(CC(=O)Nc1cc(Cl)ccc1C)C(=O)CCc1ccc(Cl)cc1. The summed E-state index contributed by atoms with van der Waals surface area (Å²) in [6, 6.07) is 12.7. The number of anilines is 1. The molecule has 1 N–H and O–H groups in total. The Bertz CT molecular complexity index is 776. The van der Waals surface area contributed by atoms with E-state index in [0.29, 0.717) is 35.1 Å². The molecule has 0 fully saturated rings. The van der Waals surface area contributed by atoms with E-state index in [1.54, 1.807) is 29.2 Å². The summed E-state index contributed by atoms with van der Waals surface area (Å²) in [4.78, 5) is 26.3. The van der Waals surface area contributed by atoms with Crippen LogP contribution in [-0.2, 0) is 16.0 Å². The van der Waals surface area contributed by atoms with Gasteiger partial charge in [-0.1, -0.05) is 41.4 Å². The predicted molar refractivity (Wildman–Crippen MR) is 107 cm³/mol. The van der Waals surface area contributed by atoms with Gasteiger partial charge in [0, 0.05) is 28.7 Å². The molecular weight excluding hydrogens is 371 g/mol. The fourth-order valence-electron chi connectivity index (χ4n) is 2.53. The maximum absolute atomic E-state index is 12.4. The molecule has 2 aromatic carbocycles. The van der Waals surface area contributed by atoms with Crippen LogP contribution in [0.25, 0.3) is 0 Å². The number of nitrogens with zero attached hydrogens (tertiary/aromatic N) is 1. The zero-order valence-electron chi connectivity index (χ0n) is 14.9. The van der Waals surface area contributed by atoms with Gasteiger partial charge in [-0.3, -0.25) is 9.59 Å². The van der Waals surface area contributed by atoms with Crippen LogP contribution < -0.4 is 5.32 Å². The van der Waals surface area contributed by atoms with E-state index < -0.39 is 0 Å². The lowest BCUT2D eigenvalue weighted by molar-refractivity contribution is -0.134. The van der Waals surface area contributed by atoms with Crippen molar-refractivity contribution in [3.05, 3.63) is 63.6 Å². The van der Waals surface area contributed by atoms with Crippen LogP contribution in [0.1, 0.15) is 24.5 Å². The van der Waals surface area contributed by atoms with Crippen molar-refractivity contribution in [2.75, 3.05) is 18.4 Å². The highest BCUT2D eigenvalue weighted by atomic mass is 35.5. The van der Waals surface area contributed by atoms with Gasteiger partial charge in [0.25, 0.3) is 0 Å². The molecule has 0 saturated heterocycles. The van der Waals surface area contributed by atoms with E-state index >= 15 is 0 Å². The normalized spacial score (nSPS) is 10.5. The summed E-state index contributed by atoms with van der Waals surface area (Å²) in [5.41, 5.74) is 2.62. The Kier molecular flexibility index (Phi) is 7.49. The van der Waals surface area contributed by atoms with Crippen LogP contribution in [0.15, 0.2) is 42.5 Å². The number of hydrogen-bond acceptors (Lipinski definition) is 2. The van der Waals surface area contributed by atoms with Gasteiger partial charge in [0.05, 0.1) is 6.54 Å². The highest BCUT2D eigenvalue weighted by Gasteiger charge is 2.16. The maximum Gasteiger partial charge on any atom is 0.244 e. The van der Waals surface area contributed by atoms with Crippen molar-refractivity contribution in [2.24, 2.45) is 0 Å². The van der Waals surface area contributed by atoms with Crippen molar-refractivity contribution in [3.8, 4) is 0 Å². The van der Waals surface area contributed by atoms with E-state index in [1.807, 2.05) is 32.0 Å². The zero-order chi connectivity index (χ0) is 19.1. The smallest absolute Gasteiger partial charge is 0.244 e. The molecule has 0 radical (unpaired) electrons. The lowest BCUT2D eigenvalue weighted by atomic mass is 10.1. The van der Waals surface area contributed by atoms with Crippen molar-refractivity contribution in [1.29, 1.82) is 0 Å². The maximum atomic E-state index is 12.4. The van der Waals surface area contributed by atoms with E-state index in [2.05, 4.69) is 5.32 Å². The molecule has 0 atom stereocenters. The van der Waals surface area contributed by atoms with Crippen LogP contribution in [0, 0.1) is 6.92 Å². The summed E-state index contributed by atoms with van der Waals surface area (Å²) < 4.78 is 0. The number of carbonyl (C=O) groups is 2. The quantitative estimate of drug-likeness (QED) is 0.740. The number of amides is 2. The Morgan fingerprint density at radius 1 is 1.04 bits per heavy atom. The zero-order valence-corrected chi connectivity index (χ0v) is 16.4. The minimum atomic E-state index is -0.239. The van der Waals surface area contributed by atoms with Crippen LogP contribution in [-0.4, -0.2) is 29.8 Å². The summed E-state index contributed by atoms with van der Waals surface area (Å²) >= 11 is 11.8. The topological polar surface area (TPSA) is 49.4 Å². The molecule has 4 nitrogen and oxygen atoms in total. The molecular formula is C20H22Cl2N2O2. The largest absolute Gasteiger partial charge is 0.334 e. The highest BCUT2D eigenvalue weighted by Crippen LogP contribution is 2.20. The number of rotatable bonds is 7. The third-order valence-corrected chi connectivity index (χ3v) is 4.57. The minimum absolute atomic E-state index is 0.0158. The van der Waals surface area contributed by atoms with Crippen molar-refractivity contribution in [1.82, 2.24) is 4.90 Å². The fraction of sp³-hybridized carbons (Fsp3) is 0.300. The molecule has 2 amide bonds. The molecule has 0 unspecified atom stereocenters. The third-order valence-electron chi connectivity index (χ3n) is 4.08. The average Bonchev–Trinajstić information content (AvgIpc) is 2.62. The molecule has 2 aromatic rings. The number of nitrogens with one attached hydrogen (secondary N) is 1. The Balaban J connectivity index is 1.90. The van der Waals surface area contributed by atoms with E-state index in [-0.39, 0.29) is 18.4 Å². The van der Waals surface area contributed by atoms with Gasteiger partial charge >= 0.3 is 0 Å². The molecule has 6 heteroatoms. The number of benzene rings is 2. The molecule has 138 valence electrons. The predicted octanol–water partition coefficient (Wildman–Crippen LogP) is 4.72. The molecule has 26 heavy (non-hydrogen) atoms. The second-order valence-corrected chi connectivity index (χ2v) is 6.91. The van der Waals surface area contributed by atoms with Crippen LogP contribution in [0.2, 0.25) is 10.0 Å². The van der Waals surface area contributed by atoms with Gasteiger partial charge < -0.3 is 10.2 Å². The second kappa shape index (κ2) is 9.60. The Labute approximate surface area is 164 Å². The van der Waals surface area contributed by atoms with Gasteiger partial charge in [0.2, 0.25) is 11.8 Å². The summed E-state index contributed by atoms with van der Waals surface area (Å²) in [6.07, 6.45) is 0.959. The molecule has 0 heterocycles. The molecule has 0 aliphatic heterocycles. The van der Waals surface area contributed by atoms with Crippen LogP contribution in [0.3, 0.4) is 0 Å². The lowest BCUT2D eigenvalue weighted by Gasteiger charge is -2.21. The van der Waals surface area contributed by atoms with Gasteiger partial charge in [-0.15, -0.1) is 0 Å². The second-order valence-electron chi connectivity index (χ2n) is 6.04. The summed E-state index contributed by atoms with van der Waals surface area (Å²) in [5, 5.41) is 4.04. The van der Waals surface area contributed by atoms with Crippen LogP contribution in [0.4, 0.5) is 5.69 Å². The lowest BCUT2D eigenvalue weighted by Crippen LogP contribution is -2.38. The number of aryl methyl sites for hydroxylation is 2. The first kappa shape index (κ1) is 20.3. The summed E-state index contributed by atoms with van der Waals surface area (Å²) in [5.74, 6) is -0.294. The first-order valence-electron chi connectivity index (χ1n) is 8.47. The fourth-order valence-corrected chi connectivity index (χ4v) is 2.83. The number of hydrogen-bond donors (Lipinski definition) is 1. The molecule has 0 saturated carbocycles. The molecule has 0 aromatic heterocycles. The van der Waals surface area contributed by atoms with Gasteiger partial charge in [0.15, 0.2) is 0 Å². The van der Waals surface area contributed by atoms with Crippen LogP contribution >= 0.6 is 23.2 Å². The Morgan fingerprint density at radius 3 is 2.35 bits per heavy atom. The first-order chi connectivity index (χ1) is 12.4. The standard InChI is InChI=1S/C20H22Cl2N2O2/c1-3-24(20(26)11-7-15-5-9-16(21)10-6-15)13-19(25)23-18-12-17(22)8-4-14(18)2/h4-6,8-10,12H,3,7,11,13H2,1-2H3,(H,23,25). The van der Waals surface area contributed by atoms with Crippen molar-refractivity contribution < 1.29 is 9.59 Å². The number of likely N-dealkylation sites (N-methyl/N-ethyl adjacent to an activating group) is 1. The third kappa shape index (κ3) is 6.04. The first-order valence-corrected chi connectivity index (χ1v) is 9.23. The van der Waals surface area contributed by atoms with E-state index in [4.69, 9.17) is 23.2 Å². The van der Waals surface area contributed by atoms with Gasteiger partial charge in [-0.2, -0.15) is 0 Å². The van der Waals surface area contributed by atoms with Crippen molar-refractivity contribution >= 4 is 40.7 Å². The average molecular weight is 393 g/mol. The number of carbonyl (C=O) groups excluding carboxylic acids is 2. The monoisotopic (exact) mass is 392 g/mol. The molecule has 0 spiro atoms.